The summed E-state index contributed by atoms with van der Waals surface area (Å²) in [7, 11) is -2.67. The molecule has 8 nitrogen and oxygen atoms in total. The molecule has 1 amide bonds. The third-order valence-electron chi connectivity index (χ3n) is 2.54. The average Bonchev–Trinajstić information content (AvgIpc) is 2.38. The average molecular weight is 314 g/mol. The number of nitrogens with two attached hydrogens (primary N) is 1. The van der Waals surface area contributed by atoms with Crippen molar-refractivity contribution in [2.24, 2.45) is 5.73 Å². The fourth-order valence-corrected chi connectivity index (χ4v) is 2.27. The number of ether oxygens (including phenoxy) is 1. The monoisotopic (exact) mass is 314 g/mol. The lowest BCUT2D eigenvalue weighted by Crippen LogP contribution is -2.41. The Bertz CT molecular complexity index is 630. The highest BCUT2D eigenvalue weighted by atomic mass is 32.2. The van der Waals surface area contributed by atoms with Gasteiger partial charge in [-0.15, -0.1) is 0 Å². The summed E-state index contributed by atoms with van der Waals surface area (Å²) in [5.74, 6) is -0.105. The van der Waals surface area contributed by atoms with Gasteiger partial charge in [0, 0.05) is 19.2 Å². The van der Waals surface area contributed by atoms with Gasteiger partial charge in [-0.1, -0.05) is 18.2 Å². The predicted molar refractivity (Wildman–Crippen MR) is 78.0 cm³/mol. The Morgan fingerprint density at radius 1 is 1.48 bits per heavy atom. The summed E-state index contributed by atoms with van der Waals surface area (Å²) in [6.07, 6.45) is -1.03. The molecule has 0 saturated heterocycles. The SMILES string of the molecule is CCOC(=O)NS(=O)(=O)N(C)Cc1cccc(C(=N)N)c1. The highest BCUT2D eigenvalue weighted by molar-refractivity contribution is 7.87. The zero-order valence-electron chi connectivity index (χ0n) is 11.8. The third kappa shape index (κ3) is 5.04. The van der Waals surface area contributed by atoms with Gasteiger partial charge >= 0.3 is 16.3 Å². The van der Waals surface area contributed by atoms with Crippen molar-refractivity contribution in [1.29, 1.82) is 5.41 Å². The van der Waals surface area contributed by atoms with Crippen LogP contribution in [0.15, 0.2) is 24.3 Å². The minimum Gasteiger partial charge on any atom is -0.449 e. The molecule has 1 aromatic rings. The van der Waals surface area contributed by atoms with Crippen LogP contribution in [0.3, 0.4) is 0 Å². The number of amidine groups is 1. The second kappa shape index (κ2) is 7.04. The molecule has 9 heteroatoms. The standard InChI is InChI=1S/C12H18N4O4S/c1-3-20-12(17)15-21(18,19)16(2)8-9-5-4-6-10(7-9)11(13)14/h4-7H,3,8H2,1-2H3,(H3,13,14)(H,15,17). The number of carbonyl (C=O) groups is 1. The smallest absolute Gasteiger partial charge is 0.421 e. The van der Waals surface area contributed by atoms with Gasteiger partial charge in [0.25, 0.3) is 0 Å². The number of amides is 1. The van der Waals surface area contributed by atoms with E-state index in [-0.39, 0.29) is 19.0 Å². The van der Waals surface area contributed by atoms with Crippen LogP contribution in [-0.2, 0) is 21.5 Å². The Morgan fingerprint density at radius 2 is 2.14 bits per heavy atom. The summed E-state index contributed by atoms with van der Waals surface area (Å²) in [6, 6.07) is 6.63. The minimum atomic E-state index is -3.99. The molecular weight excluding hydrogens is 296 g/mol. The van der Waals surface area contributed by atoms with Gasteiger partial charge in [0.15, 0.2) is 0 Å². The van der Waals surface area contributed by atoms with Gasteiger partial charge in [0.05, 0.1) is 6.61 Å². The van der Waals surface area contributed by atoms with Crippen LogP contribution in [0.25, 0.3) is 0 Å². The second-order valence-electron chi connectivity index (χ2n) is 4.20. The van der Waals surface area contributed by atoms with Crippen LogP contribution >= 0.6 is 0 Å². The number of nitrogens with one attached hydrogen (secondary N) is 2. The molecule has 1 rings (SSSR count). The van der Waals surface area contributed by atoms with Gasteiger partial charge in [-0.2, -0.15) is 12.7 Å². The van der Waals surface area contributed by atoms with E-state index in [9.17, 15) is 13.2 Å². The maximum atomic E-state index is 11.9. The highest BCUT2D eigenvalue weighted by Gasteiger charge is 2.21. The number of hydrogen-bond donors (Lipinski definition) is 3. The first-order chi connectivity index (χ1) is 9.76. The zero-order chi connectivity index (χ0) is 16.0. The van der Waals surface area contributed by atoms with E-state index < -0.39 is 16.3 Å². The summed E-state index contributed by atoms with van der Waals surface area (Å²) in [4.78, 5) is 11.2. The highest BCUT2D eigenvalue weighted by Crippen LogP contribution is 2.09. The van der Waals surface area contributed by atoms with Crippen molar-refractivity contribution in [2.45, 2.75) is 13.5 Å². The van der Waals surface area contributed by atoms with E-state index in [4.69, 9.17) is 11.1 Å². The quantitative estimate of drug-likeness (QED) is 0.517. The molecule has 0 atom stereocenters. The van der Waals surface area contributed by atoms with Crippen LogP contribution in [0.1, 0.15) is 18.1 Å². The van der Waals surface area contributed by atoms with E-state index in [1.54, 1.807) is 35.9 Å². The van der Waals surface area contributed by atoms with Crippen molar-refractivity contribution in [3.63, 3.8) is 0 Å². The molecule has 0 bridgehead atoms. The van der Waals surface area contributed by atoms with E-state index in [1.807, 2.05) is 0 Å². The molecule has 1 aromatic carbocycles. The Labute approximate surface area is 123 Å². The maximum Gasteiger partial charge on any atom is 0.421 e. The van der Waals surface area contributed by atoms with Crippen LogP contribution in [0, 0.1) is 5.41 Å². The molecule has 0 aliphatic rings. The van der Waals surface area contributed by atoms with Crippen LogP contribution in [0.5, 0.6) is 0 Å². The Kier molecular flexibility index (Phi) is 5.68. The van der Waals surface area contributed by atoms with Crippen LogP contribution in [0.2, 0.25) is 0 Å². The molecule has 0 aliphatic carbocycles. The van der Waals surface area contributed by atoms with E-state index in [0.717, 1.165) is 4.31 Å². The molecular formula is C12H18N4O4S. The van der Waals surface area contributed by atoms with Crippen molar-refractivity contribution in [3.8, 4) is 0 Å². The predicted octanol–water partition coefficient (Wildman–Crippen LogP) is 0.393. The largest absolute Gasteiger partial charge is 0.449 e. The zero-order valence-corrected chi connectivity index (χ0v) is 12.6. The normalized spacial score (nSPS) is 11.2. The van der Waals surface area contributed by atoms with Crippen LogP contribution in [0.4, 0.5) is 4.79 Å². The molecule has 0 radical (unpaired) electrons. The van der Waals surface area contributed by atoms with Gasteiger partial charge in [-0.25, -0.2) is 9.52 Å². The summed E-state index contributed by atoms with van der Waals surface area (Å²) in [5, 5.41) is 7.35. The lowest BCUT2D eigenvalue weighted by atomic mass is 10.1. The van der Waals surface area contributed by atoms with Crippen molar-refractivity contribution >= 4 is 22.1 Å². The molecule has 0 spiro atoms. The van der Waals surface area contributed by atoms with Crippen LogP contribution < -0.4 is 10.5 Å². The van der Waals surface area contributed by atoms with Gasteiger partial charge in [0.2, 0.25) is 0 Å². The first-order valence-electron chi connectivity index (χ1n) is 6.10. The molecule has 0 unspecified atom stereocenters. The number of hydrogen-bond acceptors (Lipinski definition) is 5. The Balaban J connectivity index is 2.80. The lowest BCUT2D eigenvalue weighted by molar-refractivity contribution is 0.158. The summed E-state index contributed by atoms with van der Waals surface area (Å²) in [5.41, 5.74) is 6.51. The first kappa shape index (κ1) is 16.9. The summed E-state index contributed by atoms with van der Waals surface area (Å²) >= 11 is 0. The van der Waals surface area contributed by atoms with Gasteiger partial charge in [-0.05, 0) is 18.6 Å². The van der Waals surface area contributed by atoms with Crippen LogP contribution in [-0.4, -0.2) is 38.3 Å². The number of rotatable bonds is 6. The number of nitrogens with zero attached hydrogens (tertiary/aromatic N) is 1. The van der Waals surface area contributed by atoms with Gasteiger partial charge in [-0.3, -0.25) is 5.41 Å². The minimum absolute atomic E-state index is 0.0237. The Morgan fingerprint density at radius 3 is 2.71 bits per heavy atom. The molecule has 116 valence electrons. The fourth-order valence-electron chi connectivity index (χ4n) is 1.52. The van der Waals surface area contributed by atoms with Crippen molar-refractivity contribution in [3.05, 3.63) is 35.4 Å². The topological polar surface area (TPSA) is 126 Å². The van der Waals surface area contributed by atoms with E-state index in [1.165, 1.54) is 7.05 Å². The molecule has 0 heterocycles. The molecule has 0 fully saturated rings. The molecule has 4 N–H and O–H groups in total. The first-order valence-corrected chi connectivity index (χ1v) is 7.54. The van der Waals surface area contributed by atoms with Gasteiger partial charge < -0.3 is 10.5 Å². The molecule has 0 saturated carbocycles. The van der Waals surface area contributed by atoms with E-state index >= 15 is 0 Å². The molecule has 0 aliphatic heterocycles. The fraction of sp³-hybridized carbons (Fsp3) is 0.333. The molecule has 21 heavy (non-hydrogen) atoms. The summed E-state index contributed by atoms with van der Waals surface area (Å²) in [6.45, 7) is 1.67. The van der Waals surface area contributed by atoms with Crippen molar-refractivity contribution < 1.29 is 17.9 Å². The number of nitrogen functional groups attached to an aromatic ring is 1. The number of carbonyl (C=O) groups excluding carboxylic acids is 1. The van der Waals surface area contributed by atoms with Crippen molar-refractivity contribution in [1.82, 2.24) is 9.03 Å². The van der Waals surface area contributed by atoms with E-state index in [0.29, 0.717) is 11.1 Å². The third-order valence-corrected chi connectivity index (χ3v) is 3.92. The van der Waals surface area contributed by atoms with Gasteiger partial charge in [0.1, 0.15) is 5.84 Å². The van der Waals surface area contributed by atoms with E-state index in [2.05, 4.69) is 4.74 Å². The summed E-state index contributed by atoms with van der Waals surface area (Å²) < 4.78 is 31.0. The lowest BCUT2D eigenvalue weighted by Gasteiger charge is -2.17. The molecule has 0 aromatic heterocycles. The second-order valence-corrected chi connectivity index (χ2v) is 5.98. The van der Waals surface area contributed by atoms with Crippen molar-refractivity contribution in [2.75, 3.05) is 13.7 Å². The maximum absolute atomic E-state index is 11.9. The Hall–Kier alpha value is -2.13. The number of benzene rings is 1.